The Balaban J connectivity index is 2.20. The molecule has 1 unspecified atom stereocenters. The molecule has 0 aliphatic carbocycles. The van der Waals surface area contributed by atoms with Crippen LogP contribution in [0.25, 0.3) is 0 Å². The summed E-state index contributed by atoms with van der Waals surface area (Å²) in [5.41, 5.74) is 8.99. The zero-order chi connectivity index (χ0) is 14.1. The van der Waals surface area contributed by atoms with E-state index in [1.165, 1.54) is 11.1 Å². The lowest BCUT2D eigenvalue weighted by molar-refractivity contribution is -0.0702. The van der Waals surface area contributed by atoms with Crippen molar-refractivity contribution in [3.63, 3.8) is 0 Å². The van der Waals surface area contributed by atoms with Gasteiger partial charge in [0.15, 0.2) is 0 Å². The van der Waals surface area contributed by atoms with E-state index in [0.717, 1.165) is 26.2 Å². The van der Waals surface area contributed by atoms with E-state index >= 15 is 0 Å². The van der Waals surface area contributed by atoms with Gasteiger partial charge in [0.1, 0.15) is 0 Å². The molecule has 2 nitrogen and oxygen atoms in total. The minimum Gasteiger partial charge on any atom is -0.379 e. The molecule has 1 atom stereocenters. The molecule has 0 saturated carbocycles. The Hall–Kier alpha value is -0.860. The van der Waals surface area contributed by atoms with Crippen molar-refractivity contribution in [2.75, 3.05) is 19.8 Å². The van der Waals surface area contributed by atoms with E-state index in [2.05, 4.69) is 52.0 Å². The molecule has 106 valence electrons. The number of ether oxygens (including phenoxy) is 1. The van der Waals surface area contributed by atoms with Gasteiger partial charge in [-0.05, 0) is 35.4 Å². The average molecular weight is 261 g/mol. The highest BCUT2D eigenvalue weighted by molar-refractivity contribution is 5.34. The number of benzene rings is 1. The first-order valence-electron chi connectivity index (χ1n) is 7.26. The van der Waals surface area contributed by atoms with E-state index in [9.17, 15) is 0 Å². The van der Waals surface area contributed by atoms with E-state index in [-0.39, 0.29) is 10.8 Å². The average Bonchev–Trinajstić information content (AvgIpc) is 2.32. The predicted molar refractivity (Wildman–Crippen MR) is 80.5 cm³/mol. The van der Waals surface area contributed by atoms with Gasteiger partial charge in [-0.25, -0.2) is 0 Å². The number of hydrogen-bond donors (Lipinski definition) is 1. The lowest BCUT2D eigenvalue weighted by Gasteiger charge is -2.43. The third-order valence-corrected chi connectivity index (χ3v) is 4.26. The van der Waals surface area contributed by atoms with Gasteiger partial charge in [0.05, 0.1) is 13.2 Å². The highest BCUT2D eigenvalue weighted by atomic mass is 16.5. The SMILES string of the molecule is CC(CN)CC1(c2ccc(C(C)(C)C)cc2)COC1. The lowest BCUT2D eigenvalue weighted by Crippen LogP contribution is -2.48. The highest BCUT2D eigenvalue weighted by Crippen LogP contribution is 2.38. The zero-order valence-electron chi connectivity index (χ0n) is 12.7. The summed E-state index contributed by atoms with van der Waals surface area (Å²) in [7, 11) is 0. The van der Waals surface area contributed by atoms with Crippen LogP contribution in [0.1, 0.15) is 45.2 Å². The van der Waals surface area contributed by atoms with E-state index < -0.39 is 0 Å². The van der Waals surface area contributed by atoms with Crippen LogP contribution in [-0.2, 0) is 15.6 Å². The fourth-order valence-electron chi connectivity index (χ4n) is 2.82. The van der Waals surface area contributed by atoms with Crippen molar-refractivity contribution in [1.82, 2.24) is 0 Å². The Morgan fingerprint density at radius 1 is 1.21 bits per heavy atom. The molecular formula is C17H27NO. The smallest absolute Gasteiger partial charge is 0.0585 e. The van der Waals surface area contributed by atoms with Crippen molar-refractivity contribution in [1.29, 1.82) is 0 Å². The first-order chi connectivity index (χ1) is 8.87. The van der Waals surface area contributed by atoms with Gasteiger partial charge in [0.2, 0.25) is 0 Å². The molecule has 2 heteroatoms. The summed E-state index contributed by atoms with van der Waals surface area (Å²) in [6.07, 6.45) is 1.12. The lowest BCUT2D eigenvalue weighted by atomic mass is 9.72. The zero-order valence-corrected chi connectivity index (χ0v) is 12.7. The maximum absolute atomic E-state index is 5.78. The van der Waals surface area contributed by atoms with Crippen LogP contribution in [0.3, 0.4) is 0 Å². The highest BCUT2D eigenvalue weighted by Gasteiger charge is 2.41. The summed E-state index contributed by atoms with van der Waals surface area (Å²) in [5.74, 6) is 0.547. The van der Waals surface area contributed by atoms with Gasteiger partial charge in [-0.3, -0.25) is 0 Å². The normalized spacial score (nSPS) is 19.8. The molecule has 1 aromatic rings. The van der Waals surface area contributed by atoms with Crippen molar-refractivity contribution in [3.8, 4) is 0 Å². The van der Waals surface area contributed by atoms with E-state index in [4.69, 9.17) is 10.5 Å². The fraction of sp³-hybridized carbons (Fsp3) is 0.647. The topological polar surface area (TPSA) is 35.2 Å². The molecule has 1 fully saturated rings. The molecule has 1 aromatic carbocycles. The maximum Gasteiger partial charge on any atom is 0.0585 e. The molecule has 0 spiro atoms. The number of nitrogens with two attached hydrogens (primary N) is 1. The van der Waals surface area contributed by atoms with Crippen molar-refractivity contribution in [2.24, 2.45) is 11.7 Å². The van der Waals surface area contributed by atoms with Crippen LogP contribution >= 0.6 is 0 Å². The number of rotatable bonds is 4. The molecule has 1 saturated heterocycles. The maximum atomic E-state index is 5.78. The van der Waals surface area contributed by atoms with Gasteiger partial charge in [0, 0.05) is 5.41 Å². The van der Waals surface area contributed by atoms with Crippen molar-refractivity contribution in [2.45, 2.75) is 44.9 Å². The van der Waals surface area contributed by atoms with Crippen LogP contribution < -0.4 is 5.73 Å². The van der Waals surface area contributed by atoms with Gasteiger partial charge < -0.3 is 10.5 Å². The Morgan fingerprint density at radius 2 is 1.79 bits per heavy atom. The first kappa shape index (κ1) is 14.5. The Labute approximate surface area is 117 Å². The summed E-state index contributed by atoms with van der Waals surface area (Å²) in [5, 5.41) is 0. The molecule has 2 rings (SSSR count). The van der Waals surface area contributed by atoms with Gasteiger partial charge in [-0.1, -0.05) is 52.0 Å². The van der Waals surface area contributed by atoms with E-state index in [1.807, 2.05) is 0 Å². The third kappa shape index (κ3) is 3.01. The second kappa shape index (κ2) is 5.26. The van der Waals surface area contributed by atoms with Gasteiger partial charge >= 0.3 is 0 Å². The summed E-state index contributed by atoms with van der Waals surface area (Å²) in [4.78, 5) is 0. The Morgan fingerprint density at radius 3 is 2.16 bits per heavy atom. The van der Waals surface area contributed by atoms with Crippen LogP contribution in [0.2, 0.25) is 0 Å². The van der Waals surface area contributed by atoms with Gasteiger partial charge in [0.25, 0.3) is 0 Å². The molecule has 19 heavy (non-hydrogen) atoms. The van der Waals surface area contributed by atoms with Crippen molar-refractivity contribution >= 4 is 0 Å². The van der Waals surface area contributed by atoms with Crippen LogP contribution in [0, 0.1) is 5.92 Å². The molecular weight excluding hydrogens is 234 g/mol. The largest absolute Gasteiger partial charge is 0.379 e. The molecule has 1 aliphatic heterocycles. The standard InChI is InChI=1S/C17H27NO/c1-13(10-18)9-17(11-19-12-17)15-7-5-14(6-8-15)16(2,3)4/h5-8,13H,9-12,18H2,1-4H3. The van der Waals surface area contributed by atoms with E-state index in [0.29, 0.717) is 5.92 Å². The summed E-state index contributed by atoms with van der Waals surface area (Å²) < 4.78 is 5.49. The molecule has 0 bridgehead atoms. The fourth-order valence-corrected chi connectivity index (χ4v) is 2.82. The summed E-state index contributed by atoms with van der Waals surface area (Å²) >= 11 is 0. The summed E-state index contributed by atoms with van der Waals surface area (Å²) in [6.45, 7) is 11.4. The Kier molecular flexibility index (Phi) is 4.03. The minimum absolute atomic E-state index is 0.204. The van der Waals surface area contributed by atoms with Gasteiger partial charge in [-0.2, -0.15) is 0 Å². The first-order valence-corrected chi connectivity index (χ1v) is 7.26. The molecule has 1 aliphatic rings. The second-order valence-electron chi connectivity index (χ2n) is 7.15. The minimum atomic E-state index is 0.204. The monoisotopic (exact) mass is 261 g/mol. The Bertz CT molecular complexity index is 412. The van der Waals surface area contributed by atoms with Crippen LogP contribution in [0.5, 0.6) is 0 Å². The third-order valence-electron chi connectivity index (χ3n) is 4.26. The second-order valence-corrected chi connectivity index (χ2v) is 7.15. The molecule has 0 amide bonds. The van der Waals surface area contributed by atoms with Crippen molar-refractivity contribution in [3.05, 3.63) is 35.4 Å². The molecule has 2 N–H and O–H groups in total. The molecule has 1 heterocycles. The van der Waals surface area contributed by atoms with Gasteiger partial charge in [-0.15, -0.1) is 0 Å². The quantitative estimate of drug-likeness (QED) is 0.903. The van der Waals surface area contributed by atoms with Crippen molar-refractivity contribution < 1.29 is 4.74 Å². The van der Waals surface area contributed by atoms with E-state index in [1.54, 1.807) is 0 Å². The van der Waals surface area contributed by atoms with Crippen LogP contribution in [-0.4, -0.2) is 19.8 Å². The summed E-state index contributed by atoms with van der Waals surface area (Å²) in [6, 6.07) is 9.10. The molecule has 0 aromatic heterocycles. The van der Waals surface area contributed by atoms with Crippen LogP contribution in [0.4, 0.5) is 0 Å². The van der Waals surface area contributed by atoms with Crippen LogP contribution in [0.15, 0.2) is 24.3 Å². The predicted octanol–water partition coefficient (Wildman–Crippen LogP) is 3.24. The molecule has 0 radical (unpaired) electrons. The number of hydrogen-bond acceptors (Lipinski definition) is 2.